The Labute approximate surface area is 313 Å². The minimum absolute atomic E-state index is 0.190. The highest BCUT2D eigenvalue weighted by Crippen LogP contribution is 2.53. The van der Waals surface area contributed by atoms with Gasteiger partial charge in [0.25, 0.3) is 0 Å². The van der Waals surface area contributed by atoms with E-state index in [0.29, 0.717) is 16.8 Å². The Kier molecular flexibility index (Phi) is 5.90. The lowest BCUT2D eigenvalue weighted by Gasteiger charge is -2.23. The number of benzene rings is 7. The summed E-state index contributed by atoms with van der Waals surface area (Å²) in [6.45, 7) is 9.23. The molecule has 7 aromatic carbocycles. The SMILES string of the molecule is CC1(C)c2ccccc2-c2cc3c4ccccc4n(-c4ccc(C#N)c(C#N)c4-n4c5ccccc5c5cc6c(cc54)C(C)(C)c4ccccc4-6)c3cc21. The fourth-order valence-electron chi connectivity index (χ4n) is 10.0. The Hall–Kier alpha value is -6.88. The summed E-state index contributed by atoms with van der Waals surface area (Å²) in [5.74, 6) is 0. The van der Waals surface area contributed by atoms with E-state index in [9.17, 15) is 10.5 Å². The first-order valence-electron chi connectivity index (χ1n) is 18.6. The second-order valence-electron chi connectivity index (χ2n) is 16.0. The van der Waals surface area contributed by atoms with E-state index in [0.717, 1.165) is 49.3 Å². The van der Waals surface area contributed by atoms with Crippen molar-refractivity contribution in [2.24, 2.45) is 0 Å². The molecule has 2 aromatic heterocycles. The van der Waals surface area contributed by atoms with Crippen LogP contribution in [0, 0.1) is 22.7 Å². The van der Waals surface area contributed by atoms with Crippen molar-refractivity contribution in [1.82, 2.24) is 9.13 Å². The van der Waals surface area contributed by atoms with Gasteiger partial charge in [0, 0.05) is 32.4 Å². The summed E-state index contributed by atoms with van der Waals surface area (Å²) in [5, 5.41) is 26.1. The molecule has 9 aromatic rings. The summed E-state index contributed by atoms with van der Waals surface area (Å²) >= 11 is 0. The summed E-state index contributed by atoms with van der Waals surface area (Å²) in [4.78, 5) is 0. The Morgan fingerprint density at radius 2 is 0.907 bits per heavy atom. The number of rotatable bonds is 2. The Morgan fingerprint density at radius 3 is 1.44 bits per heavy atom. The zero-order valence-electron chi connectivity index (χ0n) is 30.5. The zero-order chi connectivity index (χ0) is 36.7. The molecule has 2 aliphatic carbocycles. The van der Waals surface area contributed by atoms with Gasteiger partial charge in [-0.15, -0.1) is 0 Å². The maximum Gasteiger partial charge on any atom is 0.103 e. The minimum atomic E-state index is -0.214. The molecule has 2 heterocycles. The van der Waals surface area contributed by atoms with Crippen molar-refractivity contribution in [3.8, 4) is 45.8 Å². The van der Waals surface area contributed by atoms with E-state index in [1.165, 1.54) is 44.5 Å². The Bertz CT molecular complexity index is 3240. The van der Waals surface area contributed by atoms with Gasteiger partial charge in [-0.25, -0.2) is 0 Å². The molecular formula is C50H34N4. The first-order chi connectivity index (χ1) is 26.2. The molecule has 4 nitrogen and oxygen atoms in total. The Balaban J connectivity index is 1.30. The highest BCUT2D eigenvalue weighted by atomic mass is 15.1. The monoisotopic (exact) mass is 690 g/mol. The fraction of sp³-hybridized carbons (Fsp3) is 0.120. The van der Waals surface area contributed by atoms with E-state index in [-0.39, 0.29) is 10.8 Å². The maximum atomic E-state index is 11.1. The smallest absolute Gasteiger partial charge is 0.103 e. The van der Waals surface area contributed by atoms with Crippen LogP contribution in [0.3, 0.4) is 0 Å². The second kappa shape index (κ2) is 10.4. The summed E-state index contributed by atoms with van der Waals surface area (Å²) in [7, 11) is 0. The third kappa shape index (κ3) is 3.70. The largest absolute Gasteiger partial charge is 0.307 e. The van der Waals surface area contributed by atoms with E-state index in [2.05, 4.69) is 170 Å². The Morgan fingerprint density at radius 1 is 0.426 bits per heavy atom. The van der Waals surface area contributed by atoms with Gasteiger partial charge < -0.3 is 9.13 Å². The number of aromatic nitrogens is 2. The van der Waals surface area contributed by atoms with Gasteiger partial charge in [-0.3, -0.25) is 0 Å². The van der Waals surface area contributed by atoms with Crippen molar-refractivity contribution >= 4 is 43.6 Å². The van der Waals surface area contributed by atoms with Gasteiger partial charge in [-0.1, -0.05) is 113 Å². The topological polar surface area (TPSA) is 57.4 Å². The molecule has 0 radical (unpaired) electrons. The van der Waals surface area contributed by atoms with Gasteiger partial charge in [-0.05, 0) is 93.0 Å². The summed E-state index contributed by atoms with van der Waals surface area (Å²) in [6.07, 6.45) is 0. The van der Waals surface area contributed by atoms with Crippen LogP contribution in [0.1, 0.15) is 61.1 Å². The molecule has 0 saturated heterocycles. The van der Waals surface area contributed by atoms with Crippen LogP contribution in [0.5, 0.6) is 0 Å². The first-order valence-corrected chi connectivity index (χ1v) is 18.6. The predicted molar refractivity (Wildman–Crippen MR) is 220 cm³/mol. The van der Waals surface area contributed by atoms with Crippen LogP contribution >= 0.6 is 0 Å². The molecule has 0 saturated carbocycles. The van der Waals surface area contributed by atoms with E-state index in [1.54, 1.807) is 0 Å². The van der Waals surface area contributed by atoms with Crippen LogP contribution in [0.25, 0.3) is 77.2 Å². The van der Waals surface area contributed by atoms with Crippen molar-refractivity contribution < 1.29 is 0 Å². The molecule has 0 bridgehead atoms. The number of nitriles is 2. The summed E-state index contributed by atoms with van der Waals surface area (Å²) < 4.78 is 4.58. The van der Waals surface area contributed by atoms with Gasteiger partial charge in [-0.2, -0.15) is 10.5 Å². The van der Waals surface area contributed by atoms with E-state index in [1.807, 2.05) is 12.1 Å². The van der Waals surface area contributed by atoms with Gasteiger partial charge in [0.1, 0.15) is 12.1 Å². The van der Waals surface area contributed by atoms with E-state index < -0.39 is 0 Å². The molecule has 4 heteroatoms. The van der Waals surface area contributed by atoms with Crippen molar-refractivity contribution in [2.45, 2.75) is 38.5 Å². The maximum absolute atomic E-state index is 11.1. The zero-order valence-corrected chi connectivity index (χ0v) is 30.5. The fourth-order valence-corrected chi connectivity index (χ4v) is 10.0. The third-order valence-electron chi connectivity index (χ3n) is 12.6. The van der Waals surface area contributed by atoms with Crippen molar-refractivity contribution in [1.29, 1.82) is 10.5 Å². The van der Waals surface area contributed by atoms with Gasteiger partial charge in [0.15, 0.2) is 0 Å². The normalized spacial score (nSPS) is 14.6. The lowest BCUT2D eigenvalue weighted by molar-refractivity contribution is 0.660. The molecular weight excluding hydrogens is 657 g/mol. The number of hydrogen-bond acceptors (Lipinski definition) is 2. The first kappa shape index (κ1) is 30.7. The summed E-state index contributed by atoms with van der Waals surface area (Å²) in [5.41, 5.74) is 16.3. The van der Waals surface area contributed by atoms with Gasteiger partial charge >= 0.3 is 0 Å². The number of nitrogens with zero attached hydrogens (tertiary/aromatic N) is 4. The van der Waals surface area contributed by atoms with Crippen molar-refractivity contribution in [3.63, 3.8) is 0 Å². The predicted octanol–water partition coefficient (Wildman–Crippen LogP) is 12.2. The molecule has 0 unspecified atom stereocenters. The van der Waals surface area contributed by atoms with Crippen molar-refractivity contribution in [2.75, 3.05) is 0 Å². The van der Waals surface area contributed by atoms with Crippen LogP contribution in [0.2, 0.25) is 0 Å². The van der Waals surface area contributed by atoms with E-state index in [4.69, 9.17) is 0 Å². The highest BCUT2D eigenvalue weighted by molar-refractivity contribution is 6.14. The average Bonchev–Trinajstić information content (AvgIpc) is 3.84. The quantitative estimate of drug-likeness (QED) is 0.181. The molecule has 0 fully saturated rings. The van der Waals surface area contributed by atoms with Crippen LogP contribution in [0.4, 0.5) is 0 Å². The summed E-state index contributed by atoms with van der Waals surface area (Å²) in [6, 6.07) is 52.7. The third-order valence-corrected chi connectivity index (χ3v) is 12.6. The molecule has 0 aliphatic heterocycles. The average molecular weight is 691 g/mol. The lowest BCUT2D eigenvalue weighted by Crippen LogP contribution is -2.15. The van der Waals surface area contributed by atoms with Crippen molar-refractivity contribution in [3.05, 3.63) is 167 Å². The second-order valence-corrected chi connectivity index (χ2v) is 16.0. The lowest BCUT2D eigenvalue weighted by atomic mass is 9.82. The van der Waals surface area contributed by atoms with E-state index >= 15 is 0 Å². The molecule has 0 amide bonds. The van der Waals surface area contributed by atoms with Gasteiger partial charge in [0.2, 0.25) is 0 Å². The van der Waals surface area contributed by atoms with Crippen LogP contribution in [0.15, 0.2) is 133 Å². The standard InChI is InChI=1S/C50H34N4/c1-49(2)39-17-9-5-13-30(39)34-23-36-32-15-7-11-19-43(32)53(46(36)25-41(34)49)45-22-21-29(27-51)38(28-52)48(45)54-44-20-12-8-16-33(44)37-24-35-31-14-6-10-18-40(31)50(3,4)42(35)26-47(37)54/h5-26H,1-4H3. The number of para-hydroxylation sites is 2. The molecule has 54 heavy (non-hydrogen) atoms. The number of hydrogen-bond donors (Lipinski definition) is 0. The molecule has 0 atom stereocenters. The molecule has 11 rings (SSSR count). The minimum Gasteiger partial charge on any atom is -0.307 e. The number of fused-ring (bicyclic) bond motifs is 12. The molecule has 254 valence electrons. The van der Waals surface area contributed by atoms with Crippen LogP contribution in [-0.2, 0) is 10.8 Å². The molecule has 0 spiro atoms. The molecule has 2 aliphatic rings. The van der Waals surface area contributed by atoms with Crippen LogP contribution < -0.4 is 0 Å². The molecule has 0 N–H and O–H groups in total. The van der Waals surface area contributed by atoms with Crippen LogP contribution in [-0.4, -0.2) is 9.13 Å². The highest BCUT2D eigenvalue weighted by Gasteiger charge is 2.38. The van der Waals surface area contributed by atoms with Gasteiger partial charge in [0.05, 0.1) is 44.6 Å².